The van der Waals surface area contributed by atoms with Gasteiger partial charge in [0.25, 0.3) is 5.91 Å². The highest BCUT2D eigenvalue weighted by Gasteiger charge is 2.14. The summed E-state index contributed by atoms with van der Waals surface area (Å²) in [6.45, 7) is 0. The minimum absolute atomic E-state index is 0.222. The summed E-state index contributed by atoms with van der Waals surface area (Å²) in [6, 6.07) is 8.36. The zero-order valence-corrected chi connectivity index (χ0v) is 11.5. The summed E-state index contributed by atoms with van der Waals surface area (Å²) >= 11 is 0. The second-order valence-electron chi connectivity index (χ2n) is 4.19. The molecule has 21 heavy (non-hydrogen) atoms. The number of carbonyl (C=O) groups excluding carboxylic acids is 1. The number of rotatable bonds is 4. The van der Waals surface area contributed by atoms with Crippen molar-refractivity contribution in [3.63, 3.8) is 0 Å². The van der Waals surface area contributed by atoms with Gasteiger partial charge in [-0.05, 0) is 30.3 Å². The molecule has 2 aromatic carbocycles. The summed E-state index contributed by atoms with van der Waals surface area (Å²) in [4.78, 5) is 12.2. The zero-order valence-electron chi connectivity index (χ0n) is 11.5. The Morgan fingerprint density at radius 1 is 1.14 bits per heavy atom. The van der Waals surface area contributed by atoms with Crippen LogP contribution in [-0.2, 0) is 0 Å². The van der Waals surface area contributed by atoms with Gasteiger partial charge in [0.2, 0.25) is 0 Å². The van der Waals surface area contributed by atoms with Crippen LogP contribution in [0.15, 0.2) is 36.4 Å². The molecular formula is C15H14FNO4. The van der Waals surface area contributed by atoms with Gasteiger partial charge in [-0.15, -0.1) is 0 Å². The zero-order chi connectivity index (χ0) is 15.4. The molecule has 2 N–H and O–H groups in total. The first-order chi connectivity index (χ1) is 10.0. The fraction of sp³-hybridized carbons (Fsp3) is 0.133. The average Bonchev–Trinajstić information content (AvgIpc) is 2.50. The van der Waals surface area contributed by atoms with E-state index in [9.17, 15) is 9.18 Å². The molecule has 6 heteroatoms. The molecule has 0 spiro atoms. The number of aromatic hydroxyl groups is 1. The van der Waals surface area contributed by atoms with Crippen LogP contribution in [0.3, 0.4) is 0 Å². The van der Waals surface area contributed by atoms with Crippen molar-refractivity contribution in [2.45, 2.75) is 0 Å². The number of phenolic OH excluding ortho intramolecular Hbond substituents is 1. The number of benzene rings is 2. The Kier molecular flexibility index (Phi) is 4.27. The number of methoxy groups -OCH3 is 2. The molecule has 0 aliphatic heterocycles. The molecule has 0 saturated carbocycles. The van der Waals surface area contributed by atoms with Crippen LogP contribution in [0.25, 0.3) is 0 Å². The molecule has 0 aliphatic rings. The van der Waals surface area contributed by atoms with Gasteiger partial charge in [0, 0.05) is 11.8 Å². The van der Waals surface area contributed by atoms with Crippen molar-refractivity contribution in [2.75, 3.05) is 19.5 Å². The highest BCUT2D eigenvalue weighted by atomic mass is 19.1. The largest absolute Gasteiger partial charge is 0.505 e. The molecule has 0 heterocycles. The number of hydrogen-bond donors (Lipinski definition) is 2. The highest BCUT2D eigenvalue weighted by Crippen LogP contribution is 2.26. The molecule has 5 nitrogen and oxygen atoms in total. The van der Waals surface area contributed by atoms with Gasteiger partial charge in [0.1, 0.15) is 11.5 Å². The molecule has 0 unspecified atom stereocenters. The SMILES string of the molecule is COc1ccc(OC)c(C(=O)Nc2ccc(O)c(F)c2)c1. The van der Waals surface area contributed by atoms with Crippen molar-refractivity contribution in [2.24, 2.45) is 0 Å². The number of nitrogens with one attached hydrogen (secondary N) is 1. The standard InChI is InChI=1S/C15H14FNO4/c1-20-10-4-6-14(21-2)11(8-10)15(19)17-9-3-5-13(18)12(16)7-9/h3-8,18H,1-2H3,(H,17,19). The molecule has 0 atom stereocenters. The van der Waals surface area contributed by atoms with E-state index in [0.717, 1.165) is 12.1 Å². The van der Waals surface area contributed by atoms with E-state index >= 15 is 0 Å². The Morgan fingerprint density at radius 2 is 1.90 bits per heavy atom. The van der Waals surface area contributed by atoms with Gasteiger partial charge in [0.15, 0.2) is 11.6 Å². The number of amides is 1. The topological polar surface area (TPSA) is 67.8 Å². The summed E-state index contributed by atoms with van der Waals surface area (Å²) in [6.07, 6.45) is 0. The average molecular weight is 291 g/mol. The predicted molar refractivity (Wildman–Crippen MR) is 75.6 cm³/mol. The maximum Gasteiger partial charge on any atom is 0.259 e. The van der Waals surface area contributed by atoms with Gasteiger partial charge in [-0.1, -0.05) is 0 Å². The Labute approximate surface area is 120 Å². The molecule has 2 rings (SSSR count). The maximum absolute atomic E-state index is 13.3. The Hall–Kier alpha value is -2.76. The lowest BCUT2D eigenvalue weighted by Crippen LogP contribution is -2.13. The van der Waals surface area contributed by atoms with Crippen molar-refractivity contribution in [1.82, 2.24) is 0 Å². The normalized spacial score (nSPS) is 10.0. The predicted octanol–water partition coefficient (Wildman–Crippen LogP) is 2.80. The number of halogens is 1. The first kappa shape index (κ1) is 14.6. The molecule has 0 fully saturated rings. The lowest BCUT2D eigenvalue weighted by Gasteiger charge is -2.11. The van der Waals surface area contributed by atoms with Gasteiger partial charge < -0.3 is 19.9 Å². The third-order valence-electron chi connectivity index (χ3n) is 2.86. The molecular weight excluding hydrogens is 277 g/mol. The number of carbonyl (C=O) groups is 1. The van der Waals surface area contributed by atoms with E-state index in [1.54, 1.807) is 12.1 Å². The summed E-state index contributed by atoms with van der Waals surface area (Å²) in [5.41, 5.74) is 0.477. The smallest absolute Gasteiger partial charge is 0.259 e. The summed E-state index contributed by atoms with van der Waals surface area (Å²) in [5, 5.41) is 11.6. The molecule has 0 bridgehead atoms. The van der Waals surface area contributed by atoms with Crippen molar-refractivity contribution in [3.05, 3.63) is 47.8 Å². The van der Waals surface area contributed by atoms with Crippen LogP contribution in [-0.4, -0.2) is 25.2 Å². The van der Waals surface area contributed by atoms with E-state index in [1.165, 1.54) is 26.4 Å². The first-order valence-corrected chi connectivity index (χ1v) is 6.07. The Balaban J connectivity index is 2.28. The van der Waals surface area contributed by atoms with Crippen LogP contribution < -0.4 is 14.8 Å². The van der Waals surface area contributed by atoms with E-state index in [0.29, 0.717) is 11.5 Å². The lowest BCUT2D eigenvalue weighted by molar-refractivity contribution is 0.102. The summed E-state index contributed by atoms with van der Waals surface area (Å²) in [5.74, 6) is -0.904. The number of ether oxygens (including phenoxy) is 2. The van der Waals surface area contributed by atoms with Crippen LogP contribution in [0.1, 0.15) is 10.4 Å². The second kappa shape index (κ2) is 6.13. The van der Waals surface area contributed by atoms with E-state index in [-0.39, 0.29) is 11.3 Å². The monoisotopic (exact) mass is 291 g/mol. The fourth-order valence-electron chi connectivity index (χ4n) is 1.77. The van der Waals surface area contributed by atoms with Crippen molar-refractivity contribution >= 4 is 11.6 Å². The van der Waals surface area contributed by atoms with E-state index < -0.39 is 17.5 Å². The molecule has 0 saturated heterocycles. The van der Waals surface area contributed by atoms with Crippen LogP contribution in [0.4, 0.5) is 10.1 Å². The minimum atomic E-state index is -0.814. The fourth-order valence-corrected chi connectivity index (χ4v) is 1.77. The molecule has 1 amide bonds. The van der Waals surface area contributed by atoms with Gasteiger partial charge in [-0.2, -0.15) is 0 Å². The van der Waals surface area contributed by atoms with Gasteiger partial charge in [0.05, 0.1) is 19.8 Å². The third-order valence-corrected chi connectivity index (χ3v) is 2.86. The van der Waals surface area contributed by atoms with Gasteiger partial charge >= 0.3 is 0 Å². The van der Waals surface area contributed by atoms with Gasteiger partial charge in [-0.25, -0.2) is 4.39 Å². The number of hydrogen-bond acceptors (Lipinski definition) is 4. The molecule has 110 valence electrons. The third kappa shape index (κ3) is 3.22. The highest BCUT2D eigenvalue weighted by molar-refractivity contribution is 6.06. The quantitative estimate of drug-likeness (QED) is 0.850. The molecule has 0 aliphatic carbocycles. The molecule has 0 radical (unpaired) electrons. The Morgan fingerprint density at radius 3 is 2.52 bits per heavy atom. The minimum Gasteiger partial charge on any atom is -0.505 e. The van der Waals surface area contributed by atoms with Crippen molar-refractivity contribution in [1.29, 1.82) is 0 Å². The number of anilines is 1. The number of phenols is 1. The maximum atomic E-state index is 13.3. The second-order valence-corrected chi connectivity index (χ2v) is 4.19. The Bertz CT molecular complexity index is 673. The van der Waals surface area contributed by atoms with Crippen molar-refractivity contribution in [3.8, 4) is 17.2 Å². The van der Waals surface area contributed by atoms with Crippen LogP contribution in [0.5, 0.6) is 17.2 Å². The van der Waals surface area contributed by atoms with Crippen LogP contribution in [0.2, 0.25) is 0 Å². The van der Waals surface area contributed by atoms with Gasteiger partial charge in [-0.3, -0.25) is 4.79 Å². The van der Waals surface area contributed by atoms with Crippen molar-refractivity contribution < 1.29 is 23.8 Å². The van der Waals surface area contributed by atoms with E-state index in [4.69, 9.17) is 14.6 Å². The van der Waals surface area contributed by atoms with Crippen LogP contribution >= 0.6 is 0 Å². The van der Waals surface area contributed by atoms with E-state index in [2.05, 4.69) is 5.32 Å². The van der Waals surface area contributed by atoms with Crippen LogP contribution in [0, 0.1) is 5.82 Å². The summed E-state index contributed by atoms with van der Waals surface area (Å²) in [7, 11) is 2.93. The first-order valence-electron chi connectivity index (χ1n) is 6.07. The molecule has 2 aromatic rings. The molecule has 0 aromatic heterocycles. The summed E-state index contributed by atoms with van der Waals surface area (Å²) < 4.78 is 23.4. The lowest BCUT2D eigenvalue weighted by atomic mass is 10.1. The van der Waals surface area contributed by atoms with E-state index in [1.807, 2.05) is 0 Å².